The average Bonchev–Trinajstić information content (AvgIpc) is 2.77. The lowest BCUT2D eigenvalue weighted by Gasteiger charge is -2.13. The number of aromatic hydroxyl groups is 1. The number of methoxy groups -OCH3 is 2. The Balaban J connectivity index is 2.05. The molecule has 0 atom stereocenters. The summed E-state index contributed by atoms with van der Waals surface area (Å²) in [7, 11) is 2.35. The minimum absolute atomic E-state index is 0.0417. The van der Waals surface area contributed by atoms with Gasteiger partial charge in [0, 0.05) is 6.07 Å². The van der Waals surface area contributed by atoms with Gasteiger partial charge in [0.25, 0.3) is 11.5 Å². The van der Waals surface area contributed by atoms with Crippen LogP contribution in [0.2, 0.25) is 0 Å². The molecule has 10 nitrogen and oxygen atoms in total. The number of esters is 2. The molecule has 0 saturated heterocycles. The van der Waals surface area contributed by atoms with Crippen LogP contribution in [0.5, 0.6) is 5.75 Å². The van der Waals surface area contributed by atoms with Gasteiger partial charge in [0.1, 0.15) is 0 Å². The van der Waals surface area contributed by atoms with Crippen LogP contribution in [0.4, 0.5) is 5.69 Å². The van der Waals surface area contributed by atoms with Crippen LogP contribution in [-0.4, -0.2) is 47.0 Å². The lowest BCUT2D eigenvalue weighted by atomic mass is 10.1. The smallest absolute Gasteiger partial charge is 0.339 e. The number of hydrogen-bond acceptors (Lipinski definition) is 8. The van der Waals surface area contributed by atoms with E-state index in [1.54, 1.807) is 18.2 Å². The van der Waals surface area contributed by atoms with E-state index in [1.807, 2.05) is 13.0 Å². The van der Waals surface area contributed by atoms with Crippen molar-refractivity contribution in [1.29, 1.82) is 0 Å². The molecule has 10 heteroatoms. The third kappa shape index (κ3) is 4.48. The number of nitrogens with zero attached hydrogens (tertiary/aromatic N) is 2. The van der Waals surface area contributed by atoms with E-state index in [1.165, 1.54) is 25.3 Å². The molecule has 0 radical (unpaired) electrons. The summed E-state index contributed by atoms with van der Waals surface area (Å²) in [5, 5.41) is 16.6. The predicted molar refractivity (Wildman–Crippen MR) is 113 cm³/mol. The fraction of sp³-hybridized carbons (Fsp3) is 0.136. The summed E-state index contributed by atoms with van der Waals surface area (Å²) in [6, 6.07) is 11.5. The summed E-state index contributed by atoms with van der Waals surface area (Å²) < 4.78 is 10.3. The molecule has 0 fully saturated rings. The average molecular weight is 437 g/mol. The standard InChI is InChI=1S/C22H19N3O7/c1-12-5-4-6-14(9-12)25-18(27)11-17(26)19(24-25)20(28)23-16-10-13(21(29)31-2)7-8-15(16)22(30)32-3/h4-11,26H,1-3H3,(H,23,28). The molecule has 0 spiro atoms. The SMILES string of the molecule is COC(=O)c1ccc(C(=O)OC)c(NC(=O)c2nn(-c3cccc(C)c3)c(=O)cc2O)c1. The number of rotatable bonds is 5. The van der Waals surface area contributed by atoms with Crippen molar-refractivity contribution in [2.45, 2.75) is 6.92 Å². The Hall–Kier alpha value is -4.47. The fourth-order valence-corrected chi connectivity index (χ4v) is 2.92. The van der Waals surface area contributed by atoms with E-state index >= 15 is 0 Å². The van der Waals surface area contributed by atoms with Crippen LogP contribution in [0.15, 0.2) is 53.3 Å². The van der Waals surface area contributed by atoms with E-state index in [4.69, 9.17) is 4.74 Å². The minimum atomic E-state index is -0.920. The number of ether oxygens (including phenoxy) is 2. The Morgan fingerprint density at radius 1 is 1.00 bits per heavy atom. The summed E-state index contributed by atoms with van der Waals surface area (Å²) in [4.78, 5) is 49.1. The Morgan fingerprint density at radius 3 is 2.38 bits per heavy atom. The van der Waals surface area contributed by atoms with Gasteiger partial charge in [-0.3, -0.25) is 9.59 Å². The molecule has 1 aromatic heterocycles. The molecule has 32 heavy (non-hydrogen) atoms. The summed E-state index contributed by atoms with van der Waals surface area (Å²) in [6.07, 6.45) is 0. The van der Waals surface area contributed by atoms with Crippen molar-refractivity contribution in [3.05, 3.63) is 81.3 Å². The van der Waals surface area contributed by atoms with E-state index in [0.29, 0.717) is 5.69 Å². The van der Waals surface area contributed by atoms with Gasteiger partial charge in [0.15, 0.2) is 11.4 Å². The highest BCUT2D eigenvalue weighted by atomic mass is 16.5. The molecular weight excluding hydrogens is 418 g/mol. The van der Waals surface area contributed by atoms with Gasteiger partial charge in [-0.15, -0.1) is 0 Å². The normalized spacial score (nSPS) is 10.3. The van der Waals surface area contributed by atoms with Crippen molar-refractivity contribution >= 4 is 23.5 Å². The van der Waals surface area contributed by atoms with Crippen LogP contribution in [0.1, 0.15) is 36.8 Å². The summed E-state index contributed by atoms with van der Waals surface area (Å²) in [5.41, 5.74) is 0.0965. The van der Waals surface area contributed by atoms with Crippen LogP contribution in [0.3, 0.4) is 0 Å². The Bertz CT molecular complexity index is 1280. The first-order valence-corrected chi connectivity index (χ1v) is 9.27. The molecule has 0 aliphatic rings. The molecule has 0 bridgehead atoms. The van der Waals surface area contributed by atoms with Crippen LogP contribution in [-0.2, 0) is 9.47 Å². The number of anilines is 1. The minimum Gasteiger partial charge on any atom is -0.505 e. The number of aromatic nitrogens is 2. The van der Waals surface area contributed by atoms with Gasteiger partial charge in [-0.1, -0.05) is 12.1 Å². The molecule has 3 rings (SSSR count). The van der Waals surface area contributed by atoms with Crippen molar-refractivity contribution in [2.75, 3.05) is 19.5 Å². The molecule has 2 N–H and O–H groups in total. The molecule has 164 valence electrons. The highest BCUT2D eigenvalue weighted by Gasteiger charge is 2.21. The van der Waals surface area contributed by atoms with Gasteiger partial charge in [-0.05, 0) is 42.8 Å². The van der Waals surface area contributed by atoms with Crippen molar-refractivity contribution < 1.29 is 29.0 Å². The van der Waals surface area contributed by atoms with Gasteiger partial charge in [-0.2, -0.15) is 9.78 Å². The Morgan fingerprint density at radius 2 is 1.72 bits per heavy atom. The van der Waals surface area contributed by atoms with Crippen molar-refractivity contribution in [3.63, 3.8) is 0 Å². The van der Waals surface area contributed by atoms with Crippen LogP contribution in [0, 0.1) is 6.92 Å². The summed E-state index contributed by atoms with van der Waals surface area (Å²) in [5.74, 6) is -3.03. The predicted octanol–water partition coefficient (Wildman–Crippen LogP) is 2.07. The maximum absolute atomic E-state index is 12.9. The van der Waals surface area contributed by atoms with Gasteiger partial charge in [-0.25, -0.2) is 9.59 Å². The third-order valence-electron chi connectivity index (χ3n) is 4.47. The maximum atomic E-state index is 12.9. The molecule has 3 aromatic rings. The van der Waals surface area contributed by atoms with Crippen LogP contribution >= 0.6 is 0 Å². The number of aryl methyl sites for hydroxylation is 1. The van der Waals surface area contributed by atoms with Gasteiger partial charge < -0.3 is 19.9 Å². The third-order valence-corrected chi connectivity index (χ3v) is 4.47. The second-order valence-electron chi connectivity index (χ2n) is 6.66. The molecule has 2 aromatic carbocycles. The number of hydrogen-bond donors (Lipinski definition) is 2. The Kier molecular flexibility index (Phi) is 6.34. The zero-order valence-electron chi connectivity index (χ0n) is 17.4. The highest BCUT2D eigenvalue weighted by Crippen LogP contribution is 2.22. The van der Waals surface area contributed by atoms with Crippen molar-refractivity contribution in [1.82, 2.24) is 9.78 Å². The van der Waals surface area contributed by atoms with E-state index in [0.717, 1.165) is 23.4 Å². The van der Waals surface area contributed by atoms with E-state index in [2.05, 4.69) is 15.2 Å². The molecule has 0 aliphatic carbocycles. The Labute approximate surface area is 182 Å². The monoisotopic (exact) mass is 437 g/mol. The topological polar surface area (TPSA) is 137 Å². The first-order chi connectivity index (χ1) is 15.2. The highest BCUT2D eigenvalue weighted by molar-refractivity contribution is 6.09. The molecule has 0 saturated carbocycles. The molecule has 1 amide bonds. The first kappa shape index (κ1) is 22.2. The molecule has 0 aliphatic heterocycles. The number of carbonyl (C=O) groups is 3. The fourth-order valence-electron chi connectivity index (χ4n) is 2.92. The number of amides is 1. The zero-order valence-corrected chi connectivity index (χ0v) is 17.4. The van der Waals surface area contributed by atoms with Crippen molar-refractivity contribution in [3.8, 4) is 11.4 Å². The summed E-state index contributed by atoms with van der Waals surface area (Å²) in [6.45, 7) is 1.82. The maximum Gasteiger partial charge on any atom is 0.339 e. The van der Waals surface area contributed by atoms with Crippen molar-refractivity contribution in [2.24, 2.45) is 0 Å². The number of carbonyl (C=O) groups excluding carboxylic acids is 3. The molecule has 0 unspecified atom stereocenters. The van der Waals surface area contributed by atoms with Crippen LogP contribution in [0.25, 0.3) is 5.69 Å². The van der Waals surface area contributed by atoms with Crippen LogP contribution < -0.4 is 10.9 Å². The second-order valence-corrected chi connectivity index (χ2v) is 6.66. The molecule has 1 heterocycles. The molecular formula is C22H19N3O7. The number of benzene rings is 2. The first-order valence-electron chi connectivity index (χ1n) is 9.27. The van der Waals surface area contributed by atoms with Gasteiger partial charge >= 0.3 is 11.9 Å². The zero-order chi connectivity index (χ0) is 23.4. The van der Waals surface area contributed by atoms with Gasteiger partial charge in [0.05, 0.1) is 36.7 Å². The lowest BCUT2D eigenvalue weighted by Crippen LogP contribution is -2.25. The van der Waals surface area contributed by atoms with Gasteiger partial charge in [0.2, 0.25) is 0 Å². The van der Waals surface area contributed by atoms with E-state index < -0.39 is 34.8 Å². The largest absolute Gasteiger partial charge is 0.505 e. The second kappa shape index (κ2) is 9.13. The number of nitrogens with one attached hydrogen (secondary N) is 1. The quantitative estimate of drug-likeness (QED) is 0.579. The van der Waals surface area contributed by atoms with E-state index in [-0.39, 0.29) is 16.8 Å². The van der Waals surface area contributed by atoms with E-state index in [9.17, 15) is 24.3 Å². The summed E-state index contributed by atoms with van der Waals surface area (Å²) >= 11 is 0. The lowest BCUT2D eigenvalue weighted by molar-refractivity contribution is 0.0587.